The first-order chi connectivity index (χ1) is 7.00. The highest BCUT2D eigenvalue weighted by atomic mass is 16.5. The van der Waals surface area contributed by atoms with E-state index in [9.17, 15) is 14.8 Å². The van der Waals surface area contributed by atoms with Gasteiger partial charge in [-0.1, -0.05) is 6.92 Å². The molecule has 0 spiro atoms. The molecule has 0 bridgehead atoms. The van der Waals surface area contributed by atoms with Gasteiger partial charge in [0.05, 0.1) is 0 Å². The van der Waals surface area contributed by atoms with Crippen molar-refractivity contribution >= 4 is 17.3 Å². The summed E-state index contributed by atoms with van der Waals surface area (Å²) in [7, 11) is 0. The van der Waals surface area contributed by atoms with Gasteiger partial charge in [-0.2, -0.15) is 4.74 Å². The van der Waals surface area contributed by atoms with Gasteiger partial charge in [0.15, 0.2) is 5.78 Å². The van der Waals surface area contributed by atoms with Crippen molar-refractivity contribution < 1.29 is 14.3 Å². The monoisotopic (exact) mass is 205 g/mol. The smallest absolute Gasteiger partial charge is 0.241 e. The van der Waals surface area contributed by atoms with Crippen LogP contribution in [0.2, 0.25) is 0 Å². The van der Waals surface area contributed by atoms with Crippen molar-refractivity contribution in [2.75, 3.05) is 0 Å². The van der Waals surface area contributed by atoms with E-state index in [1.807, 2.05) is 0 Å². The molecule has 4 nitrogen and oxygen atoms in total. The van der Waals surface area contributed by atoms with E-state index >= 15 is 0 Å². The summed E-state index contributed by atoms with van der Waals surface area (Å²) in [5.41, 5.74) is -0.485. The number of hydroxylamine groups is 1. The molecular weight excluding hydrogens is 194 g/mol. The van der Waals surface area contributed by atoms with Crippen molar-refractivity contribution in [2.24, 2.45) is 0 Å². The van der Waals surface area contributed by atoms with Crippen LogP contribution in [0.5, 0.6) is 0 Å². The fourth-order valence-electron chi connectivity index (χ4n) is 1.83. The first kappa shape index (κ1) is 9.83. The SMILES string of the molecule is CCC1(C)C(=O)C2=CC(=O)C=CC2=[N+]1[O-]. The Hall–Kier alpha value is -1.71. The lowest BCUT2D eigenvalue weighted by molar-refractivity contribution is -0.520. The van der Waals surface area contributed by atoms with Gasteiger partial charge in [0.2, 0.25) is 17.0 Å². The number of rotatable bonds is 1. The standard InChI is InChI=1S/C11H11NO3/c1-3-11(2)10(14)8-6-7(13)4-5-9(8)12(11)15/h4-6H,3H2,1-2H3. The first-order valence-electron chi connectivity index (χ1n) is 4.84. The van der Waals surface area contributed by atoms with Crippen LogP contribution in [0.1, 0.15) is 20.3 Å². The molecule has 0 amide bonds. The zero-order valence-corrected chi connectivity index (χ0v) is 8.61. The predicted octanol–water partition coefficient (Wildman–Crippen LogP) is 0.754. The lowest BCUT2D eigenvalue weighted by Gasteiger charge is -2.19. The maximum atomic E-state index is 11.9. The molecule has 78 valence electrons. The summed E-state index contributed by atoms with van der Waals surface area (Å²) in [5, 5.41) is 11.9. The van der Waals surface area contributed by atoms with E-state index in [0.717, 1.165) is 0 Å². The third-order valence-electron chi connectivity index (χ3n) is 3.06. The minimum absolute atomic E-state index is 0.240. The Morgan fingerprint density at radius 3 is 2.67 bits per heavy atom. The van der Waals surface area contributed by atoms with Gasteiger partial charge in [0.1, 0.15) is 5.57 Å². The van der Waals surface area contributed by atoms with E-state index in [0.29, 0.717) is 16.9 Å². The van der Waals surface area contributed by atoms with Gasteiger partial charge >= 0.3 is 0 Å². The molecule has 15 heavy (non-hydrogen) atoms. The Labute approximate surface area is 87.2 Å². The molecule has 1 unspecified atom stereocenters. The van der Waals surface area contributed by atoms with E-state index in [-0.39, 0.29) is 17.1 Å². The van der Waals surface area contributed by atoms with Crippen molar-refractivity contribution in [1.82, 2.24) is 0 Å². The molecule has 0 aromatic rings. The molecule has 1 aliphatic heterocycles. The molecule has 4 heteroatoms. The number of carbonyl (C=O) groups excluding carboxylic acids is 2. The van der Waals surface area contributed by atoms with E-state index in [1.165, 1.54) is 18.2 Å². The average Bonchev–Trinajstić information content (AvgIpc) is 2.42. The highest BCUT2D eigenvalue weighted by molar-refractivity contribution is 6.34. The lowest BCUT2D eigenvalue weighted by atomic mass is 9.90. The highest BCUT2D eigenvalue weighted by Gasteiger charge is 2.51. The van der Waals surface area contributed by atoms with Gasteiger partial charge < -0.3 is 5.21 Å². The second kappa shape index (κ2) is 2.89. The summed E-state index contributed by atoms with van der Waals surface area (Å²) in [6, 6.07) is 0. The molecule has 1 aliphatic carbocycles. The van der Waals surface area contributed by atoms with Gasteiger partial charge in [0, 0.05) is 25.5 Å². The molecule has 1 atom stereocenters. The number of hydrogen-bond acceptors (Lipinski definition) is 3. The number of carbonyl (C=O) groups is 2. The Morgan fingerprint density at radius 1 is 1.40 bits per heavy atom. The summed E-state index contributed by atoms with van der Waals surface area (Å²) in [5.74, 6) is -0.497. The molecule has 1 heterocycles. The van der Waals surface area contributed by atoms with E-state index in [1.54, 1.807) is 13.8 Å². The van der Waals surface area contributed by atoms with Crippen LogP contribution in [-0.2, 0) is 9.59 Å². The molecule has 0 radical (unpaired) electrons. The molecule has 0 aromatic heterocycles. The number of allylic oxidation sites excluding steroid dienone is 3. The Morgan fingerprint density at radius 2 is 2.07 bits per heavy atom. The van der Waals surface area contributed by atoms with E-state index < -0.39 is 5.54 Å². The van der Waals surface area contributed by atoms with Gasteiger partial charge in [-0.25, -0.2) is 0 Å². The summed E-state index contributed by atoms with van der Waals surface area (Å²) in [6.07, 6.45) is 4.39. The predicted molar refractivity (Wildman–Crippen MR) is 54.6 cm³/mol. The summed E-state index contributed by atoms with van der Waals surface area (Å²) in [4.78, 5) is 23.0. The second-order valence-electron chi connectivity index (χ2n) is 3.93. The first-order valence-corrected chi connectivity index (χ1v) is 4.84. The van der Waals surface area contributed by atoms with Gasteiger partial charge in [-0.3, -0.25) is 9.59 Å². The van der Waals surface area contributed by atoms with Crippen LogP contribution >= 0.6 is 0 Å². The summed E-state index contributed by atoms with van der Waals surface area (Å²) < 4.78 is 0.712. The van der Waals surface area contributed by atoms with Crippen molar-refractivity contribution in [3.05, 3.63) is 29.0 Å². The van der Waals surface area contributed by atoms with Crippen LogP contribution in [0, 0.1) is 5.21 Å². The Balaban J connectivity index is 2.63. The molecule has 0 saturated carbocycles. The number of hydrogen-bond donors (Lipinski definition) is 0. The van der Waals surface area contributed by atoms with E-state index in [2.05, 4.69) is 0 Å². The van der Waals surface area contributed by atoms with Crippen LogP contribution in [-0.4, -0.2) is 27.6 Å². The fourth-order valence-corrected chi connectivity index (χ4v) is 1.83. The third kappa shape index (κ3) is 1.11. The van der Waals surface area contributed by atoms with Crippen molar-refractivity contribution in [3.8, 4) is 0 Å². The maximum Gasteiger partial charge on any atom is 0.241 e. The normalized spacial score (nSPS) is 29.6. The lowest BCUT2D eigenvalue weighted by Crippen LogP contribution is -2.39. The van der Waals surface area contributed by atoms with Crippen LogP contribution in [0.3, 0.4) is 0 Å². The van der Waals surface area contributed by atoms with Crippen LogP contribution in [0.15, 0.2) is 23.8 Å². The van der Waals surface area contributed by atoms with Crippen LogP contribution < -0.4 is 0 Å². The zero-order valence-electron chi connectivity index (χ0n) is 8.61. The number of fused-ring (bicyclic) bond motifs is 1. The van der Waals surface area contributed by atoms with Gasteiger partial charge in [-0.15, -0.1) is 0 Å². The largest absolute Gasteiger partial charge is 0.623 e. The molecule has 0 fully saturated rings. The minimum atomic E-state index is -1.05. The molecule has 2 rings (SSSR count). The number of Topliss-reactive ketones (excluding diaryl/α,β-unsaturated/α-hetero) is 1. The molecule has 2 aliphatic rings. The Bertz CT molecular complexity index is 456. The van der Waals surface area contributed by atoms with Crippen molar-refractivity contribution in [2.45, 2.75) is 25.8 Å². The minimum Gasteiger partial charge on any atom is -0.623 e. The molecule has 0 aromatic carbocycles. The number of nitrogens with zero attached hydrogens (tertiary/aromatic N) is 1. The fraction of sp³-hybridized carbons (Fsp3) is 0.364. The summed E-state index contributed by atoms with van der Waals surface area (Å²) in [6.45, 7) is 3.39. The quantitative estimate of drug-likeness (QED) is 0.360. The Kier molecular flexibility index (Phi) is 1.89. The number of ketones is 2. The van der Waals surface area contributed by atoms with Gasteiger partial charge in [0.25, 0.3) is 0 Å². The van der Waals surface area contributed by atoms with Crippen molar-refractivity contribution in [3.63, 3.8) is 0 Å². The van der Waals surface area contributed by atoms with Crippen molar-refractivity contribution in [1.29, 1.82) is 0 Å². The topological polar surface area (TPSA) is 60.2 Å². The molecule has 0 N–H and O–H groups in total. The van der Waals surface area contributed by atoms with Crippen LogP contribution in [0.25, 0.3) is 0 Å². The van der Waals surface area contributed by atoms with Crippen LogP contribution in [0.4, 0.5) is 0 Å². The maximum absolute atomic E-state index is 11.9. The third-order valence-corrected chi connectivity index (χ3v) is 3.06. The zero-order chi connectivity index (χ0) is 11.2. The van der Waals surface area contributed by atoms with E-state index in [4.69, 9.17) is 0 Å². The second-order valence-corrected chi connectivity index (χ2v) is 3.93. The molecular formula is C11H11NO3. The highest BCUT2D eigenvalue weighted by Crippen LogP contribution is 2.29. The molecule has 0 saturated heterocycles. The summed E-state index contributed by atoms with van der Waals surface area (Å²) >= 11 is 0. The van der Waals surface area contributed by atoms with Gasteiger partial charge in [-0.05, 0) is 6.08 Å². The average molecular weight is 205 g/mol.